The molecule has 0 aliphatic rings. The minimum atomic E-state index is -0.222. The zero-order valence-electron chi connectivity index (χ0n) is 16.5. The van der Waals surface area contributed by atoms with Crippen molar-refractivity contribution in [2.24, 2.45) is 7.05 Å². The fraction of sp³-hybridized carbons (Fsp3) is 0.300. The van der Waals surface area contributed by atoms with Crippen molar-refractivity contribution in [2.75, 3.05) is 0 Å². The lowest BCUT2D eigenvalue weighted by Gasteiger charge is -2.02. The average Bonchev–Trinajstić information content (AvgIpc) is 3.16. The number of thioether (sulfide) groups is 1. The third kappa shape index (κ3) is 3.24. The summed E-state index contributed by atoms with van der Waals surface area (Å²) < 4.78 is 7.77. The Kier molecular flexibility index (Phi) is 4.58. The molecule has 28 heavy (non-hydrogen) atoms. The third-order valence-corrected chi connectivity index (χ3v) is 5.70. The molecule has 1 N–H and O–H groups in total. The molecule has 0 fully saturated rings. The molecule has 0 atom stereocenters. The standard InChI is InChI=1S/C20H21N5O2S/c1-10-6-7-11(2)14(8-10)19-23-15(12(3)27-19)9-28-20-24-16-17(25(20)5)21-13(4)22-18(16)26/h6-8H,9H2,1-5H3,(H,21,22,26). The van der Waals surface area contributed by atoms with Crippen LogP contribution in [0.3, 0.4) is 0 Å². The van der Waals surface area contributed by atoms with Gasteiger partial charge in [0.1, 0.15) is 11.6 Å². The van der Waals surface area contributed by atoms with Crippen LogP contribution in [0.2, 0.25) is 0 Å². The molecule has 0 saturated heterocycles. The van der Waals surface area contributed by atoms with E-state index in [4.69, 9.17) is 9.40 Å². The van der Waals surface area contributed by atoms with E-state index >= 15 is 0 Å². The summed E-state index contributed by atoms with van der Waals surface area (Å²) in [5, 5.41) is 0.717. The van der Waals surface area contributed by atoms with Gasteiger partial charge in [0.25, 0.3) is 5.56 Å². The van der Waals surface area contributed by atoms with Crippen LogP contribution in [0.25, 0.3) is 22.6 Å². The van der Waals surface area contributed by atoms with Gasteiger partial charge in [-0.05, 0) is 39.3 Å². The summed E-state index contributed by atoms with van der Waals surface area (Å²) >= 11 is 1.51. The molecule has 0 saturated carbocycles. The molecule has 0 radical (unpaired) electrons. The van der Waals surface area contributed by atoms with E-state index in [1.54, 1.807) is 6.92 Å². The van der Waals surface area contributed by atoms with Crippen molar-refractivity contribution in [1.82, 2.24) is 24.5 Å². The molecule has 0 aliphatic heterocycles. The van der Waals surface area contributed by atoms with Crippen LogP contribution in [-0.2, 0) is 12.8 Å². The zero-order valence-corrected chi connectivity index (χ0v) is 17.3. The number of oxazole rings is 1. The van der Waals surface area contributed by atoms with Crippen molar-refractivity contribution in [3.05, 3.63) is 57.0 Å². The van der Waals surface area contributed by atoms with Crippen molar-refractivity contribution in [3.8, 4) is 11.5 Å². The summed E-state index contributed by atoms with van der Waals surface area (Å²) in [5.41, 5.74) is 4.88. The van der Waals surface area contributed by atoms with Crippen molar-refractivity contribution in [3.63, 3.8) is 0 Å². The number of fused-ring (bicyclic) bond motifs is 1. The number of aromatic nitrogens is 5. The van der Waals surface area contributed by atoms with E-state index < -0.39 is 0 Å². The zero-order chi connectivity index (χ0) is 20.0. The normalized spacial score (nSPS) is 11.5. The molecule has 4 aromatic rings. The Morgan fingerprint density at radius 3 is 2.71 bits per heavy atom. The molecule has 0 aliphatic carbocycles. The molecule has 3 aromatic heterocycles. The molecule has 3 heterocycles. The Morgan fingerprint density at radius 1 is 1.14 bits per heavy atom. The highest BCUT2D eigenvalue weighted by atomic mass is 32.2. The monoisotopic (exact) mass is 395 g/mol. The number of H-pyrrole nitrogens is 1. The number of aryl methyl sites for hydroxylation is 5. The van der Waals surface area contributed by atoms with Crippen LogP contribution < -0.4 is 5.56 Å². The lowest BCUT2D eigenvalue weighted by molar-refractivity contribution is 0.540. The number of rotatable bonds is 4. The van der Waals surface area contributed by atoms with E-state index in [1.807, 2.05) is 18.5 Å². The van der Waals surface area contributed by atoms with Gasteiger partial charge in [-0.15, -0.1) is 0 Å². The maximum atomic E-state index is 12.1. The van der Waals surface area contributed by atoms with Crippen LogP contribution in [0.15, 0.2) is 32.6 Å². The smallest absolute Gasteiger partial charge is 0.279 e. The Labute approximate surface area is 166 Å². The highest BCUT2D eigenvalue weighted by Crippen LogP contribution is 2.29. The van der Waals surface area contributed by atoms with E-state index in [9.17, 15) is 4.79 Å². The van der Waals surface area contributed by atoms with Crippen molar-refractivity contribution < 1.29 is 4.42 Å². The number of benzene rings is 1. The van der Waals surface area contributed by atoms with Gasteiger partial charge in [-0.2, -0.15) is 0 Å². The first-order chi connectivity index (χ1) is 13.3. The summed E-state index contributed by atoms with van der Waals surface area (Å²) in [6.45, 7) is 7.78. The molecule has 8 heteroatoms. The lowest BCUT2D eigenvalue weighted by Crippen LogP contribution is -2.10. The number of imidazole rings is 1. The van der Waals surface area contributed by atoms with Crippen LogP contribution in [0.1, 0.15) is 28.4 Å². The van der Waals surface area contributed by atoms with Crippen molar-refractivity contribution in [1.29, 1.82) is 0 Å². The van der Waals surface area contributed by atoms with Crippen LogP contribution >= 0.6 is 11.8 Å². The summed E-state index contributed by atoms with van der Waals surface area (Å²) in [6.07, 6.45) is 0. The SMILES string of the molecule is Cc1ccc(C)c(-c2nc(CSc3nc4c(=O)[nH]c(C)nc4n3C)c(C)o2)c1. The highest BCUT2D eigenvalue weighted by Gasteiger charge is 2.17. The number of nitrogens with one attached hydrogen (secondary N) is 1. The van der Waals surface area contributed by atoms with Crippen molar-refractivity contribution >= 4 is 22.9 Å². The van der Waals surface area contributed by atoms with Crippen molar-refractivity contribution in [2.45, 2.75) is 38.6 Å². The Morgan fingerprint density at radius 2 is 1.93 bits per heavy atom. The van der Waals surface area contributed by atoms with Gasteiger partial charge >= 0.3 is 0 Å². The van der Waals surface area contributed by atoms with Crippen LogP contribution in [-0.4, -0.2) is 24.5 Å². The average molecular weight is 395 g/mol. The number of hydrogen-bond acceptors (Lipinski definition) is 6. The highest BCUT2D eigenvalue weighted by molar-refractivity contribution is 7.98. The molecular formula is C20H21N5O2S. The van der Waals surface area contributed by atoms with Gasteiger partial charge in [0.2, 0.25) is 5.89 Å². The first-order valence-electron chi connectivity index (χ1n) is 8.93. The number of hydrogen-bond donors (Lipinski definition) is 1. The van der Waals surface area contributed by atoms with Gasteiger partial charge in [0.15, 0.2) is 16.3 Å². The maximum absolute atomic E-state index is 12.1. The minimum absolute atomic E-state index is 0.222. The second-order valence-electron chi connectivity index (χ2n) is 6.91. The second kappa shape index (κ2) is 6.94. The maximum Gasteiger partial charge on any atom is 0.279 e. The quantitative estimate of drug-likeness (QED) is 0.528. The Bertz CT molecular complexity index is 1250. The number of nitrogens with zero attached hydrogens (tertiary/aromatic N) is 4. The predicted molar refractivity (Wildman–Crippen MR) is 110 cm³/mol. The first kappa shape index (κ1) is 18.5. The molecule has 0 bridgehead atoms. The van der Waals surface area contributed by atoms with Gasteiger partial charge in [-0.25, -0.2) is 15.0 Å². The summed E-state index contributed by atoms with van der Waals surface area (Å²) in [5.74, 6) is 2.58. The van der Waals surface area contributed by atoms with E-state index in [2.05, 4.69) is 47.0 Å². The largest absolute Gasteiger partial charge is 0.441 e. The predicted octanol–water partition coefficient (Wildman–Crippen LogP) is 3.84. The third-order valence-electron chi connectivity index (χ3n) is 4.66. The second-order valence-corrected chi connectivity index (χ2v) is 7.85. The topological polar surface area (TPSA) is 89.6 Å². The van der Waals surface area contributed by atoms with Crippen LogP contribution in [0.5, 0.6) is 0 Å². The molecule has 144 valence electrons. The van der Waals surface area contributed by atoms with Gasteiger partial charge in [-0.3, -0.25) is 4.79 Å². The molecule has 7 nitrogen and oxygen atoms in total. The van der Waals surface area contributed by atoms with E-state index in [0.29, 0.717) is 33.8 Å². The van der Waals surface area contributed by atoms with Crippen LogP contribution in [0.4, 0.5) is 0 Å². The first-order valence-corrected chi connectivity index (χ1v) is 9.92. The fourth-order valence-electron chi connectivity index (χ4n) is 3.07. The molecule has 0 amide bonds. The van der Waals surface area contributed by atoms with Gasteiger partial charge < -0.3 is 14.0 Å². The molecule has 1 aromatic carbocycles. The van der Waals surface area contributed by atoms with Gasteiger partial charge in [0.05, 0.1) is 5.69 Å². The van der Waals surface area contributed by atoms with Crippen LogP contribution in [0, 0.1) is 27.7 Å². The molecule has 0 unspecified atom stereocenters. The number of aromatic amines is 1. The Hall–Kier alpha value is -2.87. The van der Waals surface area contributed by atoms with Gasteiger partial charge in [0, 0.05) is 18.4 Å². The van der Waals surface area contributed by atoms with E-state index in [1.165, 1.54) is 17.3 Å². The van der Waals surface area contributed by atoms with E-state index in [0.717, 1.165) is 22.6 Å². The lowest BCUT2D eigenvalue weighted by atomic mass is 10.1. The summed E-state index contributed by atoms with van der Waals surface area (Å²) in [4.78, 5) is 28.3. The fourth-order valence-corrected chi connectivity index (χ4v) is 4.04. The summed E-state index contributed by atoms with van der Waals surface area (Å²) in [6, 6.07) is 6.24. The molecule has 0 spiro atoms. The molecule has 4 rings (SSSR count). The molecular weight excluding hydrogens is 374 g/mol. The minimum Gasteiger partial charge on any atom is -0.441 e. The summed E-state index contributed by atoms with van der Waals surface area (Å²) in [7, 11) is 1.86. The van der Waals surface area contributed by atoms with Gasteiger partial charge in [-0.1, -0.05) is 29.5 Å². The Balaban J connectivity index is 1.63. The van der Waals surface area contributed by atoms with E-state index in [-0.39, 0.29) is 5.56 Å².